The number of rotatable bonds is 4. The minimum Gasteiger partial charge on any atom is -0.392 e. The molecular formula is C32H46O6S. The van der Waals surface area contributed by atoms with E-state index in [4.69, 9.17) is 14.2 Å². The lowest BCUT2D eigenvalue weighted by atomic mass is 9.46. The lowest BCUT2D eigenvalue weighted by molar-refractivity contribution is -0.392. The van der Waals surface area contributed by atoms with Gasteiger partial charge in [0.25, 0.3) is 5.97 Å². The predicted molar refractivity (Wildman–Crippen MR) is 151 cm³/mol. The second-order valence-corrected chi connectivity index (χ2v) is 15.4. The maximum absolute atomic E-state index is 12.5. The van der Waals surface area contributed by atoms with Crippen LogP contribution in [0.5, 0.6) is 0 Å². The van der Waals surface area contributed by atoms with E-state index in [0.717, 1.165) is 37.7 Å². The molecule has 2 aliphatic heterocycles. The van der Waals surface area contributed by atoms with Gasteiger partial charge in [0.05, 0.1) is 24.2 Å². The molecule has 0 aromatic carbocycles. The van der Waals surface area contributed by atoms with Gasteiger partial charge in [-0.05, 0) is 106 Å². The number of hydrogen-bond donors (Lipinski definition) is 1. The first kappa shape index (κ1) is 28.1. The van der Waals surface area contributed by atoms with Gasteiger partial charge in [-0.2, -0.15) is 0 Å². The zero-order valence-electron chi connectivity index (χ0n) is 24.6. The van der Waals surface area contributed by atoms with Gasteiger partial charge in [0.15, 0.2) is 10.9 Å². The van der Waals surface area contributed by atoms with Gasteiger partial charge in [-0.3, -0.25) is 9.59 Å². The summed E-state index contributed by atoms with van der Waals surface area (Å²) in [5, 5.41) is 11.5. The molecule has 11 atom stereocenters. The highest BCUT2D eigenvalue weighted by Gasteiger charge is 2.68. The van der Waals surface area contributed by atoms with Crippen LogP contribution in [0, 0.1) is 40.4 Å². The number of aliphatic hydroxyl groups excluding tert-OH is 1. The first-order valence-electron chi connectivity index (χ1n) is 14.9. The highest BCUT2D eigenvalue weighted by molar-refractivity contribution is 8.13. The number of fused-ring (bicyclic) bond motifs is 7. The molecule has 6 nitrogen and oxygen atoms in total. The third-order valence-electron chi connectivity index (χ3n) is 12.4. The van der Waals surface area contributed by atoms with Crippen LogP contribution < -0.4 is 0 Å². The summed E-state index contributed by atoms with van der Waals surface area (Å²) >= 11 is 1.19. The van der Waals surface area contributed by atoms with Crippen LogP contribution in [0.3, 0.4) is 0 Å². The molecule has 0 aromatic heterocycles. The SMILES string of the molecule is CSC(=O)CC12OC([C@H](C)[C@H]3CCC4C5C(CC[C@@]43C)[C@@]3(C)C=CC(=O)C=C3C[C@H]5O)CC(C)(O1)C(C)(C)O2. The van der Waals surface area contributed by atoms with Crippen molar-refractivity contribution in [1.29, 1.82) is 0 Å². The zero-order chi connectivity index (χ0) is 28.2. The molecule has 4 aliphatic carbocycles. The topological polar surface area (TPSA) is 82.1 Å². The summed E-state index contributed by atoms with van der Waals surface area (Å²) in [5.74, 6) is 0.465. The first-order chi connectivity index (χ1) is 18.2. The van der Waals surface area contributed by atoms with Crippen LogP contribution in [0.1, 0.15) is 86.5 Å². The molecule has 5 fully saturated rings. The highest BCUT2D eigenvalue weighted by Crippen LogP contribution is 2.68. The summed E-state index contributed by atoms with van der Waals surface area (Å²) in [6.07, 6.45) is 12.8. The lowest BCUT2D eigenvalue weighted by Crippen LogP contribution is -2.56. The van der Waals surface area contributed by atoms with E-state index >= 15 is 0 Å². The average Bonchev–Trinajstić information content (AvgIpc) is 3.26. The quantitative estimate of drug-likeness (QED) is 0.465. The smallest absolute Gasteiger partial charge is 0.292 e. The molecule has 216 valence electrons. The van der Waals surface area contributed by atoms with E-state index in [1.165, 1.54) is 11.8 Å². The molecule has 0 amide bonds. The molecule has 39 heavy (non-hydrogen) atoms. The number of allylic oxidation sites excluding steroid dienone is 3. The molecule has 3 saturated carbocycles. The van der Waals surface area contributed by atoms with Gasteiger partial charge in [0, 0.05) is 11.8 Å². The molecule has 0 aromatic rings. The Labute approximate surface area is 237 Å². The Balaban J connectivity index is 1.27. The van der Waals surface area contributed by atoms with Crippen molar-refractivity contribution in [3.05, 3.63) is 23.8 Å². The monoisotopic (exact) mass is 558 g/mol. The van der Waals surface area contributed by atoms with Crippen LogP contribution in [0.15, 0.2) is 23.8 Å². The van der Waals surface area contributed by atoms with Crippen LogP contribution >= 0.6 is 11.8 Å². The number of thioether (sulfide) groups is 1. The number of ketones is 1. The molecule has 0 radical (unpaired) electrons. The van der Waals surface area contributed by atoms with Gasteiger partial charge in [-0.15, -0.1) is 0 Å². The Bertz CT molecular complexity index is 1130. The van der Waals surface area contributed by atoms with E-state index in [9.17, 15) is 14.7 Å². The second kappa shape index (κ2) is 9.00. The molecule has 0 spiro atoms. The van der Waals surface area contributed by atoms with Gasteiger partial charge < -0.3 is 19.3 Å². The molecular weight excluding hydrogens is 512 g/mol. The maximum Gasteiger partial charge on any atom is 0.292 e. The fraction of sp³-hybridized carbons (Fsp3) is 0.812. The van der Waals surface area contributed by atoms with Crippen molar-refractivity contribution in [1.82, 2.24) is 0 Å². The molecule has 6 aliphatic rings. The normalized spacial score (nSPS) is 50.6. The number of aliphatic hydroxyl groups is 1. The van der Waals surface area contributed by atoms with E-state index in [2.05, 4.69) is 33.8 Å². The van der Waals surface area contributed by atoms with E-state index in [0.29, 0.717) is 24.2 Å². The van der Waals surface area contributed by atoms with Gasteiger partial charge in [-0.25, -0.2) is 0 Å². The van der Waals surface area contributed by atoms with Crippen LogP contribution in [0.4, 0.5) is 0 Å². The van der Waals surface area contributed by atoms with Crippen LogP contribution in [0.2, 0.25) is 0 Å². The van der Waals surface area contributed by atoms with Crippen LogP contribution in [0.25, 0.3) is 0 Å². The predicted octanol–water partition coefficient (Wildman–Crippen LogP) is 5.82. The third-order valence-corrected chi connectivity index (χ3v) is 13.0. The molecule has 6 unspecified atom stereocenters. The highest BCUT2D eigenvalue weighted by atomic mass is 32.2. The van der Waals surface area contributed by atoms with Crippen molar-refractivity contribution >= 4 is 22.7 Å². The summed E-state index contributed by atoms with van der Waals surface area (Å²) in [7, 11) is 0. The van der Waals surface area contributed by atoms with Crippen molar-refractivity contribution in [2.24, 2.45) is 40.4 Å². The van der Waals surface area contributed by atoms with Gasteiger partial charge in [0.1, 0.15) is 5.60 Å². The second-order valence-electron chi connectivity index (χ2n) is 14.6. The largest absolute Gasteiger partial charge is 0.392 e. The van der Waals surface area contributed by atoms with E-state index in [1.54, 1.807) is 18.4 Å². The maximum atomic E-state index is 12.5. The Morgan fingerprint density at radius 2 is 1.87 bits per heavy atom. The number of carbonyl (C=O) groups excluding carboxylic acids is 2. The zero-order valence-corrected chi connectivity index (χ0v) is 25.4. The van der Waals surface area contributed by atoms with Gasteiger partial charge in [-0.1, -0.05) is 44.2 Å². The Hall–Kier alpha value is -0.990. The molecule has 1 N–H and O–H groups in total. The lowest BCUT2D eigenvalue weighted by Gasteiger charge is -2.59. The van der Waals surface area contributed by atoms with E-state index in [1.807, 2.05) is 13.8 Å². The molecule has 2 bridgehead atoms. The number of hydrogen-bond acceptors (Lipinski definition) is 7. The molecule has 7 heteroatoms. The van der Waals surface area contributed by atoms with Crippen molar-refractivity contribution < 1.29 is 28.9 Å². The van der Waals surface area contributed by atoms with Crippen molar-refractivity contribution in [3.8, 4) is 0 Å². The van der Waals surface area contributed by atoms with Crippen molar-refractivity contribution in [3.63, 3.8) is 0 Å². The van der Waals surface area contributed by atoms with Crippen molar-refractivity contribution in [2.45, 2.75) is 116 Å². The minimum absolute atomic E-state index is 0.00114. The number of ether oxygens (including phenoxy) is 3. The molecule has 2 heterocycles. The molecule has 2 saturated heterocycles. The van der Waals surface area contributed by atoms with Gasteiger partial charge in [0.2, 0.25) is 0 Å². The van der Waals surface area contributed by atoms with Crippen LogP contribution in [-0.2, 0) is 23.8 Å². The first-order valence-corrected chi connectivity index (χ1v) is 16.2. The Kier molecular flexibility index (Phi) is 6.50. The fourth-order valence-electron chi connectivity index (χ4n) is 9.97. The fourth-order valence-corrected chi connectivity index (χ4v) is 10.3. The van der Waals surface area contributed by atoms with E-state index < -0.39 is 23.3 Å². The van der Waals surface area contributed by atoms with Crippen molar-refractivity contribution in [2.75, 3.05) is 6.26 Å². The van der Waals surface area contributed by atoms with Gasteiger partial charge >= 0.3 is 0 Å². The third kappa shape index (κ3) is 4.04. The standard InChI is InChI=1S/C32H46O6S/c1-18(25-16-31(6)28(2,3)37-32(36-25,38-31)17-26(35)39-7)21-8-9-22-27-23(11-13-30(21,22)5)29(4)12-10-20(33)14-19(29)15-24(27)34/h10,12,14,18,21-25,27,34H,8-9,11,13,15-17H2,1-7H3/t18-,21-,22?,23?,24-,25?,27?,29+,30-,31?,32?/m1/s1. The summed E-state index contributed by atoms with van der Waals surface area (Å²) in [6.45, 7) is 13.3. The Morgan fingerprint density at radius 3 is 2.59 bits per heavy atom. The summed E-state index contributed by atoms with van der Waals surface area (Å²) in [6, 6.07) is 0. The summed E-state index contributed by atoms with van der Waals surface area (Å²) in [5.41, 5.74) is -0.0293. The van der Waals surface area contributed by atoms with E-state index in [-0.39, 0.29) is 46.1 Å². The number of carbonyl (C=O) groups is 2. The molecule has 6 rings (SSSR count). The average molecular weight is 559 g/mol. The Morgan fingerprint density at radius 1 is 1.13 bits per heavy atom. The minimum atomic E-state index is -1.33. The summed E-state index contributed by atoms with van der Waals surface area (Å²) < 4.78 is 19.5. The summed E-state index contributed by atoms with van der Waals surface area (Å²) in [4.78, 5) is 24.7. The van der Waals surface area contributed by atoms with Crippen LogP contribution in [-0.4, -0.2) is 51.6 Å².